The molecule has 3 amide bonds. The Morgan fingerprint density at radius 2 is 2.13 bits per heavy atom. The molecule has 0 bridgehead atoms. The van der Waals surface area contributed by atoms with Crippen LogP contribution in [0, 0.1) is 0 Å². The molecular formula is C8H14N4O2S. The van der Waals surface area contributed by atoms with E-state index in [0.29, 0.717) is 4.99 Å². The lowest BCUT2D eigenvalue weighted by Gasteiger charge is -2.22. The lowest BCUT2D eigenvalue weighted by molar-refractivity contribution is -0.121. The number of carbonyl (C=O) groups excluding carboxylic acids is 2. The smallest absolute Gasteiger partial charge is 0.318 e. The highest BCUT2D eigenvalue weighted by molar-refractivity contribution is 7.80. The molecule has 1 aliphatic heterocycles. The number of primary amides is 1. The molecule has 0 spiro atoms. The number of imide groups is 1. The van der Waals surface area contributed by atoms with Gasteiger partial charge in [0.1, 0.15) is 0 Å². The zero-order valence-corrected chi connectivity index (χ0v) is 9.05. The van der Waals surface area contributed by atoms with E-state index in [2.05, 4.69) is 0 Å². The topological polar surface area (TPSA) is 101 Å². The predicted molar refractivity (Wildman–Crippen MR) is 59.1 cm³/mol. The maximum atomic E-state index is 11.2. The highest BCUT2D eigenvalue weighted by atomic mass is 32.1. The monoisotopic (exact) mass is 230 g/mol. The van der Waals surface area contributed by atoms with Gasteiger partial charge >= 0.3 is 6.03 Å². The Morgan fingerprint density at radius 3 is 2.67 bits per heavy atom. The van der Waals surface area contributed by atoms with Crippen LogP contribution >= 0.6 is 12.2 Å². The van der Waals surface area contributed by atoms with E-state index >= 15 is 0 Å². The molecule has 5 N–H and O–H groups in total. The minimum absolute atomic E-state index is 0.0429. The fourth-order valence-corrected chi connectivity index (χ4v) is 1.97. The minimum Gasteiger partial charge on any atom is -0.392 e. The van der Waals surface area contributed by atoms with Crippen molar-refractivity contribution in [3.8, 4) is 0 Å². The molecule has 1 heterocycles. The van der Waals surface area contributed by atoms with Crippen molar-refractivity contribution in [1.29, 1.82) is 0 Å². The van der Waals surface area contributed by atoms with Crippen molar-refractivity contribution in [2.75, 3.05) is 13.1 Å². The molecule has 0 aromatic rings. The van der Waals surface area contributed by atoms with E-state index < -0.39 is 11.9 Å². The number of carbonyl (C=O) groups is 2. The summed E-state index contributed by atoms with van der Waals surface area (Å²) in [5.74, 6) is -0.425. The largest absolute Gasteiger partial charge is 0.392 e. The number of rotatable bonds is 3. The standard InChI is InChI=1S/C8H14N4O2S/c9-7(15)5-2-1-3-12(5)4-6(13)11-8(10)14/h5H,1-4H2,(H2,9,15)(H3,10,11,13,14). The minimum atomic E-state index is -0.842. The lowest BCUT2D eigenvalue weighted by Crippen LogP contribution is -2.46. The molecule has 1 aliphatic rings. The Morgan fingerprint density at radius 1 is 1.47 bits per heavy atom. The first-order valence-electron chi connectivity index (χ1n) is 4.63. The molecule has 1 fully saturated rings. The summed E-state index contributed by atoms with van der Waals surface area (Å²) in [6, 6.07) is -0.885. The molecule has 0 aromatic heterocycles. The Bertz CT molecular complexity index is 294. The van der Waals surface area contributed by atoms with E-state index in [1.54, 1.807) is 0 Å². The number of hydrogen-bond donors (Lipinski definition) is 3. The van der Waals surface area contributed by atoms with Crippen LogP contribution in [0.3, 0.4) is 0 Å². The second-order valence-corrected chi connectivity index (χ2v) is 3.91. The molecular weight excluding hydrogens is 216 g/mol. The third kappa shape index (κ3) is 3.45. The zero-order valence-electron chi connectivity index (χ0n) is 8.23. The molecule has 0 saturated carbocycles. The van der Waals surface area contributed by atoms with Gasteiger partial charge in [-0.3, -0.25) is 15.0 Å². The van der Waals surface area contributed by atoms with E-state index in [0.717, 1.165) is 19.4 Å². The summed E-state index contributed by atoms with van der Waals surface area (Å²) in [6.45, 7) is 0.860. The SMILES string of the molecule is NC(=O)NC(=O)CN1CCCC1C(N)=S. The molecule has 0 aromatic carbocycles. The summed E-state index contributed by atoms with van der Waals surface area (Å²) >= 11 is 4.89. The summed E-state index contributed by atoms with van der Waals surface area (Å²) in [7, 11) is 0. The maximum absolute atomic E-state index is 11.2. The molecule has 1 rings (SSSR count). The molecule has 0 radical (unpaired) electrons. The Kier molecular flexibility index (Phi) is 3.98. The average Bonchev–Trinajstić information content (AvgIpc) is 2.50. The van der Waals surface area contributed by atoms with Crippen LogP contribution in [-0.2, 0) is 4.79 Å². The van der Waals surface area contributed by atoms with Gasteiger partial charge in [0, 0.05) is 0 Å². The lowest BCUT2D eigenvalue weighted by atomic mass is 10.2. The number of nitrogens with two attached hydrogens (primary N) is 2. The molecule has 1 atom stereocenters. The highest BCUT2D eigenvalue weighted by Crippen LogP contribution is 2.16. The normalized spacial score (nSPS) is 21.2. The maximum Gasteiger partial charge on any atom is 0.318 e. The number of hydrogen-bond acceptors (Lipinski definition) is 4. The van der Waals surface area contributed by atoms with Crippen LogP contribution in [0.2, 0.25) is 0 Å². The number of urea groups is 1. The molecule has 84 valence electrons. The molecule has 15 heavy (non-hydrogen) atoms. The Balaban J connectivity index is 2.46. The van der Waals surface area contributed by atoms with Crippen molar-refractivity contribution in [2.45, 2.75) is 18.9 Å². The van der Waals surface area contributed by atoms with E-state index in [1.165, 1.54) is 0 Å². The number of thiocarbonyl (C=S) groups is 1. The van der Waals surface area contributed by atoms with Gasteiger partial charge in [-0.2, -0.15) is 0 Å². The van der Waals surface area contributed by atoms with Crippen molar-refractivity contribution in [2.24, 2.45) is 11.5 Å². The van der Waals surface area contributed by atoms with Gasteiger partial charge in [0.25, 0.3) is 0 Å². The third-order valence-electron chi connectivity index (χ3n) is 2.30. The third-order valence-corrected chi connectivity index (χ3v) is 2.57. The van der Waals surface area contributed by atoms with Gasteiger partial charge in [-0.05, 0) is 19.4 Å². The Labute approximate surface area is 93.0 Å². The van der Waals surface area contributed by atoms with Crippen LogP contribution in [0.4, 0.5) is 4.79 Å². The first kappa shape index (κ1) is 11.9. The van der Waals surface area contributed by atoms with Crippen molar-refractivity contribution in [3.63, 3.8) is 0 Å². The van der Waals surface area contributed by atoms with Gasteiger partial charge in [-0.25, -0.2) is 4.79 Å². The first-order valence-corrected chi connectivity index (χ1v) is 5.04. The molecule has 7 heteroatoms. The van der Waals surface area contributed by atoms with Gasteiger partial charge in [0.05, 0.1) is 17.6 Å². The van der Waals surface area contributed by atoms with Gasteiger partial charge < -0.3 is 11.5 Å². The second kappa shape index (κ2) is 5.04. The summed E-state index contributed by atoms with van der Waals surface area (Å²) in [6.07, 6.45) is 1.81. The summed E-state index contributed by atoms with van der Waals surface area (Å²) < 4.78 is 0. The van der Waals surface area contributed by atoms with Crippen LogP contribution in [0.1, 0.15) is 12.8 Å². The molecule has 1 unspecified atom stereocenters. The van der Waals surface area contributed by atoms with Crippen LogP contribution < -0.4 is 16.8 Å². The van der Waals surface area contributed by atoms with Crippen molar-refractivity contribution in [1.82, 2.24) is 10.2 Å². The quantitative estimate of drug-likeness (QED) is 0.536. The van der Waals surface area contributed by atoms with Gasteiger partial charge in [-0.15, -0.1) is 0 Å². The number of amides is 3. The summed E-state index contributed by atoms with van der Waals surface area (Å²) in [5.41, 5.74) is 10.4. The van der Waals surface area contributed by atoms with Crippen LogP contribution in [0.25, 0.3) is 0 Å². The van der Waals surface area contributed by atoms with E-state index in [-0.39, 0.29) is 12.6 Å². The van der Waals surface area contributed by atoms with Crippen LogP contribution in [0.15, 0.2) is 0 Å². The van der Waals surface area contributed by atoms with Crippen LogP contribution in [-0.4, -0.2) is 41.0 Å². The fourth-order valence-electron chi connectivity index (χ4n) is 1.70. The predicted octanol–water partition coefficient (Wildman–Crippen LogP) is -1.07. The highest BCUT2D eigenvalue weighted by Gasteiger charge is 2.28. The van der Waals surface area contributed by atoms with Crippen molar-refractivity contribution >= 4 is 29.1 Å². The Hall–Kier alpha value is -1.21. The van der Waals surface area contributed by atoms with Crippen molar-refractivity contribution in [3.05, 3.63) is 0 Å². The van der Waals surface area contributed by atoms with Gasteiger partial charge in [0.2, 0.25) is 5.91 Å². The van der Waals surface area contributed by atoms with Gasteiger partial charge in [-0.1, -0.05) is 12.2 Å². The van der Waals surface area contributed by atoms with E-state index in [4.69, 9.17) is 23.7 Å². The number of likely N-dealkylation sites (tertiary alicyclic amines) is 1. The van der Waals surface area contributed by atoms with E-state index in [9.17, 15) is 9.59 Å². The summed E-state index contributed by atoms with van der Waals surface area (Å²) in [4.78, 5) is 23.9. The first-order chi connectivity index (χ1) is 7.00. The molecule has 0 aliphatic carbocycles. The second-order valence-electron chi connectivity index (χ2n) is 3.44. The fraction of sp³-hybridized carbons (Fsp3) is 0.625. The zero-order chi connectivity index (χ0) is 11.4. The molecule has 6 nitrogen and oxygen atoms in total. The number of nitrogens with one attached hydrogen (secondary N) is 1. The van der Waals surface area contributed by atoms with Gasteiger partial charge in [0.15, 0.2) is 0 Å². The summed E-state index contributed by atoms with van der Waals surface area (Å²) in [5, 5.41) is 2.00. The van der Waals surface area contributed by atoms with Crippen LogP contribution in [0.5, 0.6) is 0 Å². The molecule has 1 saturated heterocycles. The van der Waals surface area contributed by atoms with Crippen molar-refractivity contribution < 1.29 is 9.59 Å². The number of nitrogens with zero attached hydrogens (tertiary/aromatic N) is 1. The average molecular weight is 230 g/mol. The van der Waals surface area contributed by atoms with E-state index in [1.807, 2.05) is 10.2 Å².